The SMILES string of the molecule is COc1cc(NC(=O)C(C)(C)CN)ccc1Cl. The van der Waals surface area contributed by atoms with E-state index in [9.17, 15) is 4.79 Å². The average molecular weight is 257 g/mol. The molecule has 0 aliphatic heterocycles. The number of methoxy groups -OCH3 is 1. The van der Waals surface area contributed by atoms with E-state index >= 15 is 0 Å². The molecule has 0 heterocycles. The number of carbonyl (C=O) groups excluding carboxylic acids is 1. The van der Waals surface area contributed by atoms with Crippen LogP contribution in [-0.4, -0.2) is 19.6 Å². The van der Waals surface area contributed by atoms with Gasteiger partial charge in [0, 0.05) is 18.3 Å². The van der Waals surface area contributed by atoms with Gasteiger partial charge >= 0.3 is 0 Å². The van der Waals surface area contributed by atoms with Crippen LogP contribution in [-0.2, 0) is 4.79 Å². The number of rotatable bonds is 4. The summed E-state index contributed by atoms with van der Waals surface area (Å²) in [4.78, 5) is 11.9. The van der Waals surface area contributed by atoms with Crippen LogP contribution in [0.15, 0.2) is 18.2 Å². The standard InChI is InChI=1S/C12H17ClN2O2/c1-12(2,7-14)11(16)15-8-4-5-9(13)10(6-8)17-3/h4-6H,7,14H2,1-3H3,(H,15,16). The van der Waals surface area contributed by atoms with Gasteiger partial charge < -0.3 is 15.8 Å². The summed E-state index contributed by atoms with van der Waals surface area (Å²) < 4.78 is 5.07. The Morgan fingerprint density at radius 1 is 1.53 bits per heavy atom. The maximum absolute atomic E-state index is 11.9. The minimum atomic E-state index is -0.604. The third kappa shape index (κ3) is 3.35. The van der Waals surface area contributed by atoms with Crippen LogP contribution in [0, 0.1) is 5.41 Å². The van der Waals surface area contributed by atoms with Crippen molar-refractivity contribution >= 4 is 23.2 Å². The molecule has 0 atom stereocenters. The predicted molar refractivity (Wildman–Crippen MR) is 69.5 cm³/mol. The minimum absolute atomic E-state index is 0.135. The molecule has 0 spiro atoms. The van der Waals surface area contributed by atoms with Gasteiger partial charge in [0.2, 0.25) is 5.91 Å². The summed E-state index contributed by atoms with van der Waals surface area (Å²) in [7, 11) is 1.52. The van der Waals surface area contributed by atoms with Crippen molar-refractivity contribution in [3.63, 3.8) is 0 Å². The summed E-state index contributed by atoms with van der Waals surface area (Å²) in [5.74, 6) is 0.388. The first kappa shape index (κ1) is 13.8. The number of hydrogen-bond acceptors (Lipinski definition) is 3. The van der Waals surface area contributed by atoms with Crippen LogP contribution >= 0.6 is 11.6 Å². The van der Waals surface area contributed by atoms with Gasteiger partial charge in [0.25, 0.3) is 0 Å². The van der Waals surface area contributed by atoms with Gasteiger partial charge in [-0.15, -0.1) is 0 Å². The highest BCUT2D eigenvalue weighted by atomic mass is 35.5. The van der Waals surface area contributed by atoms with Crippen molar-refractivity contribution in [3.8, 4) is 5.75 Å². The second-order valence-electron chi connectivity index (χ2n) is 4.39. The van der Waals surface area contributed by atoms with Gasteiger partial charge in [-0.2, -0.15) is 0 Å². The first-order valence-electron chi connectivity index (χ1n) is 5.26. The number of hydrogen-bond donors (Lipinski definition) is 2. The number of nitrogens with one attached hydrogen (secondary N) is 1. The van der Waals surface area contributed by atoms with E-state index in [-0.39, 0.29) is 12.5 Å². The van der Waals surface area contributed by atoms with E-state index in [1.807, 2.05) is 0 Å². The topological polar surface area (TPSA) is 64.3 Å². The lowest BCUT2D eigenvalue weighted by atomic mass is 9.92. The highest BCUT2D eigenvalue weighted by Crippen LogP contribution is 2.28. The van der Waals surface area contributed by atoms with Crippen molar-refractivity contribution in [1.29, 1.82) is 0 Å². The van der Waals surface area contributed by atoms with Crippen molar-refractivity contribution in [2.75, 3.05) is 19.0 Å². The van der Waals surface area contributed by atoms with Crippen LogP contribution in [0.3, 0.4) is 0 Å². The van der Waals surface area contributed by atoms with Crippen LogP contribution < -0.4 is 15.8 Å². The van der Waals surface area contributed by atoms with Crippen molar-refractivity contribution in [2.24, 2.45) is 11.1 Å². The molecule has 0 bridgehead atoms. The zero-order valence-corrected chi connectivity index (χ0v) is 11.0. The maximum atomic E-state index is 11.9. The minimum Gasteiger partial charge on any atom is -0.495 e. The lowest BCUT2D eigenvalue weighted by Gasteiger charge is -2.21. The number of amides is 1. The summed E-state index contributed by atoms with van der Waals surface area (Å²) in [5, 5.41) is 3.28. The maximum Gasteiger partial charge on any atom is 0.231 e. The van der Waals surface area contributed by atoms with Crippen LogP contribution in [0.4, 0.5) is 5.69 Å². The first-order chi connectivity index (χ1) is 7.90. The fraction of sp³-hybridized carbons (Fsp3) is 0.417. The Kier molecular flexibility index (Phi) is 4.37. The smallest absolute Gasteiger partial charge is 0.231 e. The van der Waals surface area contributed by atoms with E-state index in [0.717, 1.165) is 0 Å². The van der Waals surface area contributed by atoms with E-state index in [2.05, 4.69) is 5.32 Å². The second-order valence-corrected chi connectivity index (χ2v) is 4.80. The Balaban J connectivity index is 2.86. The predicted octanol–water partition coefficient (Wildman–Crippen LogP) is 2.27. The quantitative estimate of drug-likeness (QED) is 0.869. The highest BCUT2D eigenvalue weighted by Gasteiger charge is 2.25. The molecule has 94 valence electrons. The number of benzene rings is 1. The summed E-state index contributed by atoms with van der Waals surface area (Å²) in [5.41, 5.74) is 5.57. The highest BCUT2D eigenvalue weighted by molar-refractivity contribution is 6.32. The largest absolute Gasteiger partial charge is 0.495 e. The molecular formula is C12H17ClN2O2. The van der Waals surface area contributed by atoms with E-state index in [4.69, 9.17) is 22.1 Å². The number of carbonyl (C=O) groups is 1. The third-order valence-corrected chi connectivity index (χ3v) is 2.85. The summed E-state index contributed by atoms with van der Waals surface area (Å²) >= 11 is 5.89. The van der Waals surface area contributed by atoms with Gasteiger partial charge in [0.15, 0.2) is 0 Å². The molecule has 1 amide bonds. The number of anilines is 1. The Morgan fingerprint density at radius 2 is 2.18 bits per heavy atom. The van der Waals surface area contributed by atoms with E-state index in [1.165, 1.54) is 7.11 Å². The summed E-state index contributed by atoms with van der Waals surface area (Å²) in [6, 6.07) is 5.06. The van der Waals surface area contributed by atoms with E-state index < -0.39 is 5.41 Å². The Bertz CT molecular complexity index is 419. The van der Waals surface area contributed by atoms with E-state index in [1.54, 1.807) is 32.0 Å². The van der Waals surface area contributed by atoms with Gasteiger partial charge in [-0.05, 0) is 26.0 Å². The monoisotopic (exact) mass is 256 g/mol. The molecule has 0 saturated carbocycles. The second kappa shape index (κ2) is 5.38. The van der Waals surface area contributed by atoms with Crippen molar-refractivity contribution in [2.45, 2.75) is 13.8 Å². The molecule has 5 heteroatoms. The molecule has 3 N–H and O–H groups in total. The third-order valence-electron chi connectivity index (χ3n) is 2.53. The Hall–Kier alpha value is -1.26. The van der Waals surface area contributed by atoms with Crippen LogP contribution in [0.5, 0.6) is 5.75 Å². The molecule has 0 radical (unpaired) electrons. The number of ether oxygens (including phenoxy) is 1. The normalized spacial score (nSPS) is 11.1. The molecular weight excluding hydrogens is 240 g/mol. The molecule has 0 aliphatic carbocycles. The zero-order valence-electron chi connectivity index (χ0n) is 10.2. The number of nitrogens with two attached hydrogens (primary N) is 1. The first-order valence-corrected chi connectivity index (χ1v) is 5.63. The average Bonchev–Trinajstić information content (AvgIpc) is 2.31. The van der Waals surface area contributed by atoms with Crippen LogP contribution in [0.2, 0.25) is 5.02 Å². The molecule has 0 aromatic heterocycles. The van der Waals surface area contributed by atoms with Gasteiger partial charge in [0.05, 0.1) is 17.5 Å². The molecule has 1 rings (SSSR count). The lowest BCUT2D eigenvalue weighted by molar-refractivity contribution is -0.123. The summed E-state index contributed by atoms with van der Waals surface area (Å²) in [6.07, 6.45) is 0. The molecule has 0 aliphatic rings. The Labute approximate surface area is 106 Å². The van der Waals surface area contributed by atoms with Gasteiger partial charge in [0.1, 0.15) is 5.75 Å². The fourth-order valence-electron chi connectivity index (χ4n) is 1.13. The molecule has 0 unspecified atom stereocenters. The molecule has 0 saturated heterocycles. The van der Waals surface area contributed by atoms with Crippen molar-refractivity contribution < 1.29 is 9.53 Å². The number of halogens is 1. The lowest BCUT2D eigenvalue weighted by Crippen LogP contribution is -2.37. The molecule has 1 aromatic rings. The zero-order chi connectivity index (χ0) is 13.1. The van der Waals surface area contributed by atoms with Gasteiger partial charge in [-0.3, -0.25) is 4.79 Å². The van der Waals surface area contributed by atoms with E-state index in [0.29, 0.717) is 16.5 Å². The fourth-order valence-corrected chi connectivity index (χ4v) is 1.33. The molecule has 17 heavy (non-hydrogen) atoms. The molecule has 0 fully saturated rings. The molecule has 4 nitrogen and oxygen atoms in total. The summed E-state index contributed by atoms with van der Waals surface area (Å²) in [6.45, 7) is 3.86. The van der Waals surface area contributed by atoms with Gasteiger partial charge in [-0.25, -0.2) is 0 Å². The van der Waals surface area contributed by atoms with Crippen LogP contribution in [0.1, 0.15) is 13.8 Å². The van der Waals surface area contributed by atoms with Gasteiger partial charge in [-0.1, -0.05) is 11.6 Å². The Morgan fingerprint density at radius 3 is 2.71 bits per heavy atom. The van der Waals surface area contributed by atoms with Crippen LogP contribution in [0.25, 0.3) is 0 Å². The molecule has 1 aromatic carbocycles. The van der Waals surface area contributed by atoms with Crippen molar-refractivity contribution in [1.82, 2.24) is 0 Å². The van der Waals surface area contributed by atoms with Crippen molar-refractivity contribution in [3.05, 3.63) is 23.2 Å².